The molecule has 74 valence electrons. The van der Waals surface area contributed by atoms with Gasteiger partial charge in [0.15, 0.2) is 0 Å². The van der Waals surface area contributed by atoms with Gasteiger partial charge in [-0.25, -0.2) is 0 Å². The Bertz CT molecular complexity index is 369. The van der Waals surface area contributed by atoms with Gasteiger partial charge < -0.3 is 5.11 Å². The predicted octanol–water partition coefficient (Wildman–Crippen LogP) is -2.68. The zero-order chi connectivity index (χ0) is 10.7. The minimum Gasteiger partial charge on any atom is -0.872 e. The fourth-order valence-electron chi connectivity index (χ4n) is 0.998. The number of benzene rings is 1. The Morgan fingerprint density at radius 2 is 1.53 bits per heavy atom. The molecule has 0 saturated carbocycles. The van der Waals surface area contributed by atoms with Crippen LogP contribution in [-0.2, 0) is 0 Å². The topological polar surface area (TPSA) is 109 Å². The Morgan fingerprint density at radius 1 is 1.07 bits per heavy atom. The van der Waals surface area contributed by atoms with Crippen LogP contribution in [0.5, 0.6) is 5.75 Å². The van der Waals surface area contributed by atoms with Crippen molar-refractivity contribution in [1.29, 1.82) is 0 Å². The average Bonchev–Trinajstić information content (AvgIpc) is 2.07. The van der Waals surface area contributed by atoms with Gasteiger partial charge in [0.05, 0.1) is 5.56 Å². The van der Waals surface area contributed by atoms with E-state index in [0.717, 1.165) is 12.1 Å². The Kier molecular flexibility index (Phi) is 5.20. The van der Waals surface area contributed by atoms with Crippen molar-refractivity contribution in [2.24, 2.45) is 0 Å². The van der Waals surface area contributed by atoms with Gasteiger partial charge in [0.25, 0.3) is 0 Å². The molecule has 0 unspecified atom stereocenters. The average molecular weight is 220 g/mol. The Hall–Kier alpha value is -1.18. The van der Waals surface area contributed by atoms with Gasteiger partial charge in [0.1, 0.15) is 9.85 Å². The molecule has 0 aliphatic heterocycles. The standard InChI is InChI=1S/C7H6N2O5.Na/c10-6-4-2-1-3-5(6)7(8(11)12)9(13)14;/h1-4,7,10H;/q;+1/p-1. The molecular weight excluding hydrogens is 215 g/mol. The van der Waals surface area contributed by atoms with Crippen LogP contribution in [0.1, 0.15) is 11.7 Å². The second-order valence-corrected chi connectivity index (χ2v) is 2.48. The zero-order valence-electron chi connectivity index (χ0n) is 7.82. The van der Waals surface area contributed by atoms with E-state index in [9.17, 15) is 25.3 Å². The van der Waals surface area contributed by atoms with Crippen LogP contribution in [0.25, 0.3) is 0 Å². The van der Waals surface area contributed by atoms with Gasteiger partial charge in [-0.1, -0.05) is 23.9 Å². The molecule has 0 bridgehead atoms. The normalized spacial score (nSPS) is 9.40. The molecule has 0 N–H and O–H groups in total. The van der Waals surface area contributed by atoms with Gasteiger partial charge in [-0.3, -0.25) is 20.2 Å². The van der Waals surface area contributed by atoms with Crippen molar-refractivity contribution in [2.75, 3.05) is 0 Å². The maximum Gasteiger partial charge on any atom is 1.00 e. The summed E-state index contributed by atoms with van der Waals surface area (Å²) in [6.07, 6.45) is -2.18. The molecule has 0 heterocycles. The summed E-state index contributed by atoms with van der Waals surface area (Å²) in [4.78, 5) is 18.4. The number of hydrogen-bond donors (Lipinski definition) is 0. The second kappa shape index (κ2) is 5.64. The monoisotopic (exact) mass is 220 g/mol. The van der Waals surface area contributed by atoms with E-state index < -0.39 is 27.3 Å². The van der Waals surface area contributed by atoms with Crippen LogP contribution < -0.4 is 34.7 Å². The Balaban J connectivity index is 0.00000196. The molecule has 15 heavy (non-hydrogen) atoms. The largest absolute Gasteiger partial charge is 1.00 e. The van der Waals surface area contributed by atoms with Gasteiger partial charge in [-0.2, -0.15) is 0 Å². The summed E-state index contributed by atoms with van der Waals surface area (Å²) in [5.41, 5.74) is -0.428. The van der Waals surface area contributed by atoms with Gasteiger partial charge in [0.2, 0.25) is 0 Å². The fourth-order valence-corrected chi connectivity index (χ4v) is 0.998. The maximum atomic E-state index is 11.1. The van der Waals surface area contributed by atoms with E-state index in [1.807, 2.05) is 0 Å². The number of hydrogen-bond acceptors (Lipinski definition) is 5. The van der Waals surface area contributed by atoms with E-state index in [0.29, 0.717) is 0 Å². The summed E-state index contributed by atoms with van der Waals surface area (Å²) in [6, 6.07) is 4.84. The minimum atomic E-state index is -2.18. The molecule has 0 radical (unpaired) electrons. The van der Waals surface area contributed by atoms with E-state index in [1.165, 1.54) is 12.1 Å². The fraction of sp³-hybridized carbons (Fsp3) is 0.143. The van der Waals surface area contributed by atoms with Crippen LogP contribution >= 0.6 is 0 Å². The maximum absolute atomic E-state index is 11.1. The molecule has 7 nitrogen and oxygen atoms in total. The van der Waals surface area contributed by atoms with Gasteiger partial charge in [-0.15, -0.1) is 0 Å². The zero-order valence-corrected chi connectivity index (χ0v) is 9.82. The van der Waals surface area contributed by atoms with Crippen LogP contribution in [0, 0.1) is 20.2 Å². The second-order valence-electron chi connectivity index (χ2n) is 2.48. The molecule has 0 aliphatic carbocycles. The summed E-state index contributed by atoms with van der Waals surface area (Å²) in [5.74, 6) is -0.703. The first-order chi connectivity index (χ1) is 6.54. The Morgan fingerprint density at radius 3 is 1.93 bits per heavy atom. The number of para-hydroxylation sites is 1. The van der Waals surface area contributed by atoms with Crippen LogP contribution in [0.15, 0.2) is 24.3 Å². The summed E-state index contributed by atoms with van der Waals surface area (Å²) in [5, 5.41) is 31.7. The third-order valence-corrected chi connectivity index (χ3v) is 1.60. The summed E-state index contributed by atoms with van der Waals surface area (Å²) in [6.45, 7) is 0. The molecule has 1 rings (SSSR count). The first-order valence-corrected chi connectivity index (χ1v) is 3.57. The van der Waals surface area contributed by atoms with E-state index in [-0.39, 0.29) is 29.6 Å². The molecule has 0 atom stereocenters. The van der Waals surface area contributed by atoms with Crippen LogP contribution in [-0.4, -0.2) is 9.85 Å². The van der Waals surface area contributed by atoms with E-state index in [1.54, 1.807) is 0 Å². The molecule has 1 aromatic carbocycles. The van der Waals surface area contributed by atoms with Crippen LogP contribution in [0.3, 0.4) is 0 Å². The van der Waals surface area contributed by atoms with Gasteiger partial charge in [-0.05, 0) is 6.07 Å². The number of nitro groups is 2. The first kappa shape index (κ1) is 13.8. The SMILES string of the molecule is O=[N+]([O-])C(c1ccccc1[O-])[N+](=O)[O-].[Na+]. The van der Waals surface area contributed by atoms with E-state index in [4.69, 9.17) is 0 Å². The summed E-state index contributed by atoms with van der Waals surface area (Å²) in [7, 11) is 0. The Labute approximate surface area is 106 Å². The van der Waals surface area contributed by atoms with Crippen molar-refractivity contribution >= 4 is 0 Å². The summed E-state index contributed by atoms with van der Waals surface area (Å²) >= 11 is 0. The molecule has 0 aromatic heterocycles. The van der Waals surface area contributed by atoms with Crippen molar-refractivity contribution in [3.63, 3.8) is 0 Å². The van der Waals surface area contributed by atoms with Crippen molar-refractivity contribution in [2.45, 2.75) is 6.17 Å². The quantitative estimate of drug-likeness (QED) is 0.238. The third-order valence-electron chi connectivity index (χ3n) is 1.60. The van der Waals surface area contributed by atoms with Gasteiger partial charge in [0, 0.05) is 0 Å². The third kappa shape index (κ3) is 3.15. The van der Waals surface area contributed by atoms with E-state index >= 15 is 0 Å². The van der Waals surface area contributed by atoms with E-state index in [2.05, 4.69) is 0 Å². The van der Waals surface area contributed by atoms with Crippen LogP contribution in [0.4, 0.5) is 0 Å². The van der Waals surface area contributed by atoms with Crippen molar-refractivity contribution < 1.29 is 44.5 Å². The van der Waals surface area contributed by atoms with Gasteiger partial charge >= 0.3 is 35.7 Å². The molecule has 0 aliphatic rings. The predicted molar refractivity (Wildman–Crippen MR) is 42.6 cm³/mol. The number of nitrogens with zero attached hydrogens (tertiary/aromatic N) is 2. The number of rotatable bonds is 3. The minimum absolute atomic E-state index is 0. The summed E-state index contributed by atoms with van der Waals surface area (Å²) < 4.78 is 0. The molecule has 0 fully saturated rings. The van der Waals surface area contributed by atoms with Crippen molar-refractivity contribution in [3.05, 3.63) is 50.1 Å². The molecule has 8 heteroatoms. The molecule has 0 saturated heterocycles. The molecular formula is C7H5N2NaO5. The molecule has 1 aromatic rings. The molecule has 0 spiro atoms. The first-order valence-electron chi connectivity index (χ1n) is 3.57. The molecule has 0 amide bonds. The van der Waals surface area contributed by atoms with Crippen LogP contribution in [0.2, 0.25) is 0 Å². The van der Waals surface area contributed by atoms with Crippen molar-refractivity contribution in [3.8, 4) is 5.75 Å². The van der Waals surface area contributed by atoms with Crippen molar-refractivity contribution in [1.82, 2.24) is 0 Å². The smallest absolute Gasteiger partial charge is 0.872 e.